The molecule has 1 atom stereocenters. The molecule has 1 aromatic heterocycles. The first-order chi connectivity index (χ1) is 12.7. The highest BCUT2D eigenvalue weighted by Crippen LogP contribution is 2.26. The van der Waals surface area contributed by atoms with Crippen molar-refractivity contribution in [1.29, 1.82) is 0 Å². The third-order valence-corrected chi connectivity index (χ3v) is 4.30. The fourth-order valence-corrected chi connectivity index (χ4v) is 3.11. The smallest absolute Gasteiger partial charge is 0.247 e. The topological polar surface area (TPSA) is 71.3 Å². The Hall–Kier alpha value is -3.06. The molecule has 2 heterocycles. The van der Waals surface area contributed by atoms with Crippen LogP contribution in [-0.2, 0) is 11.3 Å². The van der Waals surface area contributed by atoms with E-state index in [-0.39, 0.29) is 11.7 Å². The van der Waals surface area contributed by atoms with Crippen LogP contribution >= 0.6 is 0 Å². The average molecular weight is 352 g/mol. The standard InChI is InChI=1S/C19H17FN4O2/c20-15-8-4-7-14(11-15)17-18(25)21-9-10-24(17)12-16-22-23-19(26-16)13-5-2-1-3-6-13/h1-8,11,17H,9-10,12H2,(H,21,25). The summed E-state index contributed by atoms with van der Waals surface area (Å²) in [6.07, 6.45) is 0. The van der Waals surface area contributed by atoms with Crippen molar-refractivity contribution in [2.75, 3.05) is 13.1 Å². The molecule has 4 rings (SSSR count). The van der Waals surface area contributed by atoms with E-state index in [9.17, 15) is 9.18 Å². The molecule has 0 aliphatic carbocycles. The number of piperazine rings is 1. The minimum atomic E-state index is -0.591. The molecular weight excluding hydrogens is 335 g/mol. The first kappa shape index (κ1) is 16.4. The minimum absolute atomic E-state index is 0.162. The molecule has 1 N–H and O–H groups in total. The fraction of sp³-hybridized carbons (Fsp3) is 0.211. The normalized spacial score (nSPS) is 17.9. The molecule has 1 saturated heterocycles. The summed E-state index contributed by atoms with van der Waals surface area (Å²) in [5.74, 6) is 0.318. The first-order valence-electron chi connectivity index (χ1n) is 8.36. The van der Waals surface area contributed by atoms with Crippen molar-refractivity contribution in [2.24, 2.45) is 0 Å². The molecule has 1 aliphatic heterocycles. The van der Waals surface area contributed by atoms with Crippen LogP contribution in [0.2, 0.25) is 0 Å². The lowest BCUT2D eigenvalue weighted by Gasteiger charge is -2.34. The lowest BCUT2D eigenvalue weighted by atomic mass is 10.0. The van der Waals surface area contributed by atoms with Gasteiger partial charge in [-0.1, -0.05) is 30.3 Å². The molecule has 6 nitrogen and oxygen atoms in total. The molecule has 1 fully saturated rings. The number of halogens is 1. The van der Waals surface area contributed by atoms with Crippen molar-refractivity contribution in [1.82, 2.24) is 20.4 Å². The summed E-state index contributed by atoms with van der Waals surface area (Å²) in [7, 11) is 0. The molecule has 132 valence electrons. The van der Waals surface area contributed by atoms with Gasteiger partial charge in [0.1, 0.15) is 11.9 Å². The van der Waals surface area contributed by atoms with Gasteiger partial charge in [-0.25, -0.2) is 4.39 Å². The van der Waals surface area contributed by atoms with Crippen molar-refractivity contribution >= 4 is 5.91 Å². The maximum absolute atomic E-state index is 13.6. The number of rotatable bonds is 4. The molecular formula is C19H17FN4O2. The van der Waals surface area contributed by atoms with Crippen LogP contribution in [-0.4, -0.2) is 34.1 Å². The number of benzene rings is 2. The van der Waals surface area contributed by atoms with E-state index in [2.05, 4.69) is 15.5 Å². The molecule has 0 bridgehead atoms. The van der Waals surface area contributed by atoms with Crippen LogP contribution in [0.15, 0.2) is 59.0 Å². The Morgan fingerprint density at radius 3 is 2.81 bits per heavy atom. The molecule has 26 heavy (non-hydrogen) atoms. The first-order valence-corrected chi connectivity index (χ1v) is 8.36. The van der Waals surface area contributed by atoms with Gasteiger partial charge in [0.25, 0.3) is 0 Å². The van der Waals surface area contributed by atoms with Gasteiger partial charge in [-0.2, -0.15) is 0 Å². The fourth-order valence-electron chi connectivity index (χ4n) is 3.11. The quantitative estimate of drug-likeness (QED) is 0.781. The predicted molar refractivity (Wildman–Crippen MR) is 92.3 cm³/mol. The zero-order valence-corrected chi connectivity index (χ0v) is 13.9. The third kappa shape index (κ3) is 3.34. The second kappa shape index (κ2) is 7.05. The van der Waals surface area contributed by atoms with Crippen molar-refractivity contribution in [3.63, 3.8) is 0 Å². The van der Waals surface area contributed by atoms with Gasteiger partial charge < -0.3 is 9.73 Å². The minimum Gasteiger partial charge on any atom is -0.419 e. The van der Waals surface area contributed by atoms with Crippen LogP contribution in [0.4, 0.5) is 4.39 Å². The highest BCUT2D eigenvalue weighted by Gasteiger charge is 2.32. The number of carbonyl (C=O) groups excluding carboxylic acids is 1. The summed E-state index contributed by atoms with van der Waals surface area (Å²) >= 11 is 0. The number of hydrogen-bond acceptors (Lipinski definition) is 5. The summed E-state index contributed by atoms with van der Waals surface area (Å²) in [4.78, 5) is 14.3. The highest BCUT2D eigenvalue weighted by molar-refractivity contribution is 5.83. The van der Waals surface area contributed by atoms with Crippen molar-refractivity contribution in [3.05, 3.63) is 71.9 Å². The van der Waals surface area contributed by atoms with Gasteiger partial charge >= 0.3 is 0 Å². The Labute approximate surface area is 149 Å². The van der Waals surface area contributed by atoms with Gasteiger partial charge in [0.2, 0.25) is 17.7 Å². The van der Waals surface area contributed by atoms with Crippen LogP contribution < -0.4 is 5.32 Å². The number of hydrogen-bond donors (Lipinski definition) is 1. The summed E-state index contributed by atoms with van der Waals surface area (Å²) in [5.41, 5.74) is 1.44. The monoisotopic (exact) mass is 352 g/mol. The van der Waals surface area contributed by atoms with Gasteiger partial charge in [-0.15, -0.1) is 10.2 Å². The van der Waals surface area contributed by atoms with E-state index in [1.807, 2.05) is 35.2 Å². The van der Waals surface area contributed by atoms with Crippen LogP contribution in [0.3, 0.4) is 0 Å². The van der Waals surface area contributed by atoms with Crippen LogP contribution in [0.25, 0.3) is 11.5 Å². The van der Waals surface area contributed by atoms with E-state index in [1.165, 1.54) is 12.1 Å². The van der Waals surface area contributed by atoms with E-state index in [0.717, 1.165) is 5.56 Å². The molecule has 0 radical (unpaired) electrons. The Morgan fingerprint density at radius 2 is 2.00 bits per heavy atom. The van der Waals surface area contributed by atoms with Crippen LogP contribution in [0.1, 0.15) is 17.5 Å². The average Bonchev–Trinajstić information content (AvgIpc) is 3.11. The van der Waals surface area contributed by atoms with Gasteiger partial charge in [0.05, 0.1) is 6.54 Å². The Balaban J connectivity index is 1.58. The lowest BCUT2D eigenvalue weighted by molar-refractivity contribution is -0.129. The number of nitrogens with one attached hydrogen (secondary N) is 1. The molecule has 1 unspecified atom stereocenters. The number of amides is 1. The van der Waals surface area contributed by atoms with Crippen molar-refractivity contribution in [3.8, 4) is 11.5 Å². The molecule has 0 spiro atoms. The van der Waals surface area contributed by atoms with Gasteiger partial charge in [0.15, 0.2) is 0 Å². The maximum atomic E-state index is 13.6. The largest absolute Gasteiger partial charge is 0.419 e. The number of nitrogens with zero attached hydrogens (tertiary/aromatic N) is 3. The molecule has 1 aliphatic rings. The number of aromatic nitrogens is 2. The second-order valence-corrected chi connectivity index (χ2v) is 6.09. The van der Waals surface area contributed by atoms with E-state index in [1.54, 1.807) is 12.1 Å². The molecule has 7 heteroatoms. The van der Waals surface area contributed by atoms with E-state index < -0.39 is 6.04 Å². The Morgan fingerprint density at radius 1 is 1.15 bits per heavy atom. The zero-order valence-electron chi connectivity index (χ0n) is 13.9. The third-order valence-electron chi connectivity index (χ3n) is 4.30. The van der Waals surface area contributed by atoms with Crippen molar-refractivity contribution in [2.45, 2.75) is 12.6 Å². The van der Waals surface area contributed by atoms with E-state index in [0.29, 0.717) is 37.0 Å². The molecule has 0 saturated carbocycles. The van der Waals surface area contributed by atoms with Crippen molar-refractivity contribution < 1.29 is 13.6 Å². The van der Waals surface area contributed by atoms with Gasteiger partial charge in [-0.3, -0.25) is 9.69 Å². The summed E-state index contributed by atoms with van der Waals surface area (Å²) in [5, 5.41) is 11.0. The molecule has 2 aromatic carbocycles. The summed E-state index contributed by atoms with van der Waals surface area (Å²) < 4.78 is 19.3. The van der Waals surface area contributed by atoms with Gasteiger partial charge in [-0.05, 0) is 29.8 Å². The van der Waals surface area contributed by atoms with Crippen LogP contribution in [0.5, 0.6) is 0 Å². The molecule has 1 amide bonds. The van der Waals surface area contributed by atoms with Crippen LogP contribution in [0, 0.1) is 5.82 Å². The zero-order chi connectivity index (χ0) is 17.9. The lowest BCUT2D eigenvalue weighted by Crippen LogP contribution is -2.49. The highest BCUT2D eigenvalue weighted by atomic mass is 19.1. The second-order valence-electron chi connectivity index (χ2n) is 6.09. The SMILES string of the molecule is O=C1NCCN(Cc2nnc(-c3ccccc3)o2)C1c1cccc(F)c1. The Kier molecular flexibility index (Phi) is 4.45. The molecule has 3 aromatic rings. The van der Waals surface area contributed by atoms with E-state index in [4.69, 9.17) is 4.42 Å². The summed E-state index contributed by atoms with van der Waals surface area (Å²) in [6.45, 7) is 1.44. The maximum Gasteiger partial charge on any atom is 0.247 e. The van der Waals surface area contributed by atoms with E-state index >= 15 is 0 Å². The number of carbonyl (C=O) groups is 1. The summed E-state index contributed by atoms with van der Waals surface area (Å²) in [6, 6.07) is 15.0. The predicted octanol–water partition coefficient (Wildman–Crippen LogP) is 2.55. The Bertz CT molecular complexity index is 913. The van der Waals surface area contributed by atoms with Gasteiger partial charge in [0, 0.05) is 18.7 Å².